The second-order valence-corrected chi connectivity index (χ2v) is 6.90. The highest BCUT2D eigenvalue weighted by Gasteiger charge is 2.13. The number of nitriles is 1. The summed E-state index contributed by atoms with van der Waals surface area (Å²) in [5.41, 5.74) is 1.13. The smallest absolute Gasteiger partial charge is 0.238 e. The molecule has 1 aromatic carbocycles. The molecule has 7 heteroatoms. The van der Waals surface area contributed by atoms with Crippen LogP contribution in [0.5, 0.6) is 0 Å². The van der Waals surface area contributed by atoms with Crippen LogP contribution in [0.3, 0.4) is 0 Å². The molecule has 0 fully saturated rings. The van der Waals surface area contributed by atoms with Crippen LogP contribution in [-0.4, -0.2) is 13.4 Å². The van der Waals surface area contributed by atoms with E-state index in [0.717, 1.165) is 4.88 Å². The van der Waals surface area contributed by atoms with E-state index in [9.17, 15) is 8.42 Å². The van der Waals surface area contributed by atoms with Crippen molar-refractivity contribution in [2.24, 2.45) is 0 Å². The molecule has 1 aromatic heterocycles. The van der Waals surface area contributed by atoms with Crippen molar-refractivity contribution in [1.82, 2.24) is 4.98 Å². The number of rotatable bonds is 4. The molecule has 0 spiro atoms. The Hall–Kier alpha value is -1.91. The number of thiazole rings is 1. The van der Waals surface area contributed by atoms with Crippen LogP contribution in [-0.2, 0) is 15.8 Å². The van der Waals surface area contributed by atoms with E-state index < -0.39 is 10.0 Å². The fraction of sp³-hybridized carbons (Fsp3) is 0.167. The Kier molecular flexibility index (Phi) is 3.83. The molecule has 0 atom stereocenters. The van der Waals surface area contributed by atoms with Crippen molar-refractivity contribution in [2.75, 3.05) is 4.72 Å². The molecular formula is C12H11N3O2S2. The van der Waals surface area contributed by atoms with Gasteiger partial charge < -0.3 is 0 Å². The van der Waals surface area contributed by atoms with E-state index >= 15 is 0 Å². The minimum absolute atomic E-state index is 0.142. The van der Waals surface area contributed by atoms with Crippen LogP contribution in [0, 0.1) is 18.3 Å². The van der Waals surface area contributed by atoms with Gasteiger partial charge in [0.25, 0.3) is 0 Å². The Labute approximate surface area is 115 Å². The van der Waals surface area contributed by atoms with Crippen LogP contribution in [0.15, 0.2) is 30.5 Å². The van der Waals surface area contributed by atoms with Crippen LogP contribution in [0.2, 0.25) is 0 Å². The molecule has 0 aliphatic carbocycles. The zero-order chi connectivity index (χ0) is 13.9. The van der Waals surface area contributed by atoms with Gasteiger partial charge in [0.15, 0.2) is 5.13 Å². The molecule has 0 saturated heterocycles. The molecule has 19 heavy (non-hydrogen) atoms. The molecule has 5 nitrogen and oxygen atoms in total. The summed E-state index contributed by atoms with van der Waals surface area (Å²) >= 11 is 1.29. The Morgan fingerprint density at radius 1 is 1.37 bits per heavy atom. The monoisotopic (exact) mass is 293 g/mol. The number of benzene rings is 1. The predicted octanol–water partition coefficient (Wildman–Crippen LogP) is 2.27. The van der Waals surface area contributed by atoms with Gasteiger partial charge in [-0.25, -0.2) is 13.4 Å². The second-order valence-electron chi connectivity index (χ2n) is 3.95. The summed E-state index contributed by atoms with van der Waals surface area (Å²) in [5.74, 6) is -0.142. The van der Waals surface area contributed by atoms with E-state index in [4.69, 9.17) is 5.26 Å². The molecule has 0 amide bonds. The topological polar surface area (TPSA) is 82.8 Å². The summed E-state index contributed by atoms with van der Waals surface area (Å²) in [5, 5.41) is 9.04. The van der Waals surface area contributed by atoms with E-state index in [1.807, 2.05) is 13.0 Å². The highest BCUT2D eigenvalue weighted by atomic mass is 32.2. The maximum Gasteiger partial charge on any atom is 0.238 e. The Bertz CT molecular complexity index is 712. The molecule has 98 valence electrons. The molecule has 0 aliphatic rings. The van der Waals surface area contributed by atoms with Gasteiger partial charge in [0.1, 0.15) is 0 Å². The summed E-state index contributed by atoms with van der Waals surface area (Å²) in [7, 11) is -3.48. The average molecular weight is 293 g/mol. The lowest BCUT2D eigenvalue weighted by Crippen LogP contribution is -2.14. The van der Waals surface area contributed by atoms with Gasteiger partial charge in [0, 0.05) is 11.1 Å². The molecule has 0 bridgehead atoms. The summed E-state index contributed by atoms with van der Waals surface area (Å²) < 4.78 is 26.3. The van der Waals surface area contributed by atoms with E-state index in [0.29, 0.717) is 16.3 Å². The lowest BCUT2D eigenvalue weighted by molar-refractivity contribution is 0.600. The van der Waals surface area contributed by atoms with Gasteiger partial charge in [-0.3, -0.25) is 4.72 Å². The Morgan fingerprint density at radius 2 is 2.05 bits per heavy atom. The predicted molar refractivity (Wildman–Crippen MR) is 74.3 cm³/mol. The number of nitrogens with zero attached hydrogens (tertiary/aromatic N) is 2. The first kappa shape index (κ1) is 13.5. The van der Waals surface area contributed by atoms with Gasteiger partial charge in [-0.15, -0.1) is 11.3 Å². The van der Waals surface area contributed by atoms with Crippen LogP contribution >= 0.6 is 11.3 Å². The maximum absolute atomic E-state index is 11.9. The first-order valence-electron chi connectivity index (χ1n) is 5.40. The van der Waals surface area contributed by atoms with Crippen molar-refractivity contribution in [3.63, 3.8) is 0 Å². The van der Waals surface area contributed by atoms with Crippen molar-refractivity contribution < 1.29 is 8.42 Å². The molecule has 1 heterocycles. The molecule has 0 unspecified atom stereocenters. The number of aryl methyl sites for hydroxylation is 1. The summed E-state index contributed by atoms with van der Waals surface area (Å²) in [6, 6.07) is 8.44. The van der Waals surface area contributed by atoms with Crippen molar-refractivity contribution in [3.8, 4) is 6.07 Å². The molecule has 2 aromatic rings. The molecule has 2 rings (SSSR count). The number of aromatic nitrogens is 1. The highest BCUT2D eigenvalue weighted by Crippen LogP contribution is 2.19. The standard InChI is InChI=1S/C12H11N3O2S2/c1-9-7-14-12(18-9)15-19(16,17)8-11-4-2-10(6-13)3-5-11/h2-5,7H,8H2,1H3,(H,14,15). The zero-order valence-electron chi connectivity index (χ0n) is 10.1. The molecule has 1 N–H and O–H groups in total. The van der Waals surface area contributed by atoms with Gasteiger partial charge in [0.05, 0.1) is 17.4 Å². The number of nitrogens with one attached hydrogen (secondary N) is 1. The lowest BCUT2D eigenvalue weighted by atomic mass is 10.2. The minimum Gasteiger partial charge on any atom is -0.258 e. The fourth-order valence-corrected chi connectivity index (χ4v) is 3.55. The largest absolute Gasteiger partial charge is 0.258 e. The van der Waals surface area contributed by atoms with Crippen LogP contribution < -0.4 is 4.72 Å². The van der Waals surface area contributed by atoms with Crippen LogP contribution in [0.4, 0.5) is 5.13 Å². The minimum atomic E-state index is -3.48. The molecular weight excluding hydrogens is 282 g/mol. The SMILES string of the molecule is Cc1cnc(NS(=O)(=O)Cc2ccc(C#N)cc2)s1. The van der Waals surface area contributed by atoms with Gasteiger partial charge in [-0.1, -0.05) is 12.1 Å². The first-order valence-corrected chi connectivity index (χ1v) is 7.87. The normalized spacial score (nSPS) is 10.9. The number of sulfonamides is 1. The van der Waals surface area contributed by atoms with E-state index in [2.05, 4.69) is 9.71 Å². The van der Waals surface area contributed by atoms with Gasteiger partial charge >= 0.3 is 0 Å². The van der Waals surface area contributed by atoms with Crippen molar-refractivity contribution in [1.29, 1.82) is 5.26 Å². The number of hydrogen-bond donors (Lipinski definition) is 1. The lowest BCUT2D eigenvalue weighted by Gasteiger charge is -2.05. The van der Waals surface area contributed by atoms with Gasteiger partial charge in [0.2, 0.25) is 10.0 Å². The summed E-state index contributed by atoms with van der Waals surface area (Å²) in [6.45, 7) is 1.86. The van der Waals surface area contributed by atoms with E-state index in [-0.39, 0.29) is 5.75 Å². The number of hydrogen-bond acceptors (Lipinski definition) is 5. The first-order chi connectivity index (χ1) is 8.98. The average Bonchev–Trinajstić information content (AvgIpc) is 2.74. The quantitative estimate of drug-likeness (QED) is 0.937. The fourth-order valence-electron chi connectivity index (χ4n) is 1.47. The van der Waals surface area contributed by atoms with Crippen molar-refractivity contribution in [3.05, 3.63) is 46.5 Å². The molecule has 0 aliphatic heterocycles. The summed E-state index contributed by atoms with van der Waals surface area (Å²) in [6.07, 6.45) is 1.62. The maximum atomic E-state index is 11.9. The van der Waals surface area contributed by atoms with Crippen LogP contribution in [0.25, 0.3) is 0 Å². The molecule has 0 radical (unpaired) electrons. The van der Waals surface area contributed by atoms with Crippen molar-refractivity contribution >= 4 is 26.5 Å². The van der Waals surface area contributed by atoms with Crippen LogP contribution in [0.1, 0.15) is 16.0 Å². The molecule has 0 saturated carbocycles. The zero-order valence-corrected chi connectivity index (χ0v) is 11.8. The third-order valence-corrected chi connectivity index (χ3v) is 4.48. The van der Waals surface area contributed by atoms with Gasteiger partial charge in [-0.2, -0.15) is 5.26 Å². The van der Waals surface area contributed by atoms with Crippen molar-refractivity contribution in [2.45, 2.75) is 12.7 Å². The Morgan fingerprint density at radius 3 is 2.58 bits per heavy atom. The third kappa shape index (κ3) is 3.77. The van der Waals surface area contributed by atoms with Gasteiger partial charge in [-0.05, 0) is 24.6 Å². The second kappa shape index (κ2) is 5.38. The third-order valence-electron chi connectivity index (χ3n) is 2.30. The highest BCUT2D eigenvalue weighted by molar-refractivity contribution is 7.92. The van der Waals surface area contributed by atoms with E-state index in [1.165, 1.54) is 11.3 Å². The summed E-state index contributed by atoms with van der Waals surface area (Å²) in [4.78, 5) is 4.90. The van der Waals surface area contributed by atoms with E-state index in [1.54, 1.807) is 30.5 Å². The number of anilines is 1. The Balaban J connectivity index is 2.10.